The molecule has 6 nitrogen and oxygen atoms in total. The molecule has 0 aliphatic carbocycles. The Bertz CT molecular complexity index is 945. The van der Waals surface area contributed by atoms with Crippen LogP contribution in [0.25, 0.3) is 11.5 Å². The number of hydrogen-bond acceptors (Lipinski definition) is 5. The van der Waals surface area contributed by atoms with Crippen LogP contribution in [0.3, 0.4) is 0 Å². The Labute approximate surface area is 146 Å². The van der Waals surface area contributed by atoms with Crippen LogP contribution in [0.1, 0.15) is 15.9 Å². The minimum absolute atomic E-state index is 0.0737. The summed E-state index contributed by atoms with van der Waals surface area (Å²) in [4.78, 5) is 12.1. The highest BCUT2D eigenvalue weighted by Crippen LogP contribution is 2.30. The highest BCUT2D eigenvalue weighted by molar-refractivity contribution is 6.35. The van der Waals surface area contributed by atoms with Crippen molar-refractivity contribution in [1.82, 2.24) is 10.2 Å². The van der Waals surface area contributed by atoms with Crippen LogP contribution in [0.4, 0.5) is 6.01 Å². The van der Waals surface area contributed by atoms with Crippen molar-refractivity contribution in [1.29, 1.82) is 5.26 Å². The molecule has 3 rings (SSSR count). The normalized spacial score (nSPS) is 10.2. The molecule has 0 fully saturated rings. The molecule has 1 amide bonds. The van der Waals surface area contributed by atoms with E-state index in [1.54, 1.807) is 30.3 Å². The predicted molar refractivity (Wildman–Crippen MR) is 88.9 cm³/mol. The standard InChI is InChI=1S/C16H8Cl2N4O2/c17-11-5-6-13(18)12(7-11)15-21-22-16(24-15)20-14(23)10-3-1-9(8-19)2-4-10/h1-7H,(H,20,22,23). The van der Waals surface area contributed by atoms with E-state index in [1.807, 2.05) is 6.07 Å². The average molecular weight is 359 g/mol. The lowest BCUT2D eigenvalue weighted by Crippen LogP contribution is -2.11. The summed E-state index contributed by atoms with van der Waals surface area (Å²) in [5.41, 5.74) is 1.28. The number of aromatic nitrogens is 2. The van der Waals surface area contributed by atoms with Crippen molar-refractivity contribution >= 4 is 35.1 Å². The molecule has 0 spiro atoms. The number of nitriles is 1. The van der Waals surface area contributed by atoms with Gasteiger partial charge in [-0.25, -0.2) is 0 Å². The molecule has 8 heteroatoms. The number of nitrogens with one attached hydrogen (secondary N) is 1. The molecule has 2 aromatic carbocycles. The molecule has 0 atom stereocenters. The molecule has 0 saturated carbocycles. The Kier molecular flexibility index (Phi) is 4.47. The van der Waals surface area contributed by atoms with Gasteiger partial charge in [0.05, 0.1) is 22.2 Å². The number of carbonyl (C=O) groups is 1. The van der Waals surface area contributed by atoms with Gasteiger partial charge in [-0.2, -0.15) is 5.26 Å². The van der Waals surface area contributed by atoms with Gasteiger partial charge >= 0.3 is 6.01 Å². The summed E-state index contributed by atoms with van der Waals surface area (Å²) in [6.07, 6.45) is 0. The van der Waals surface area contributed by atoms with Crippen LogP contribution in [0, 0.1) is 11.3 Å². The second kappa shape index (κ2) is 6.71. The van der Waals surface area contributed by atoms with Crippen molar-refractivity contribution in [2.75, 3.05) is 5.32 Å². The fourth-order valence-electron chi connectivity index (χ4n) is 1.91. The quantitative estimate of drug-likeness (QED) is 0.758. The first-order chi connectivity index (χ1) is 11.6. The number of carbonyl (C=O) groups excluding carboxylic acids is 1. The Morgan fingerprint density at radius 1 is 1.12 bits per heavy atom. The maximum atomic E-state index is 12.1. The van der Waals surface area contributed by atoms with Crippen LogP contribution in [0.5, 0.6) is 0 Å². The number of anilines is 1. The molecule has 3 aromatic rings. The Balaban J connectivity index is 1.79. The molecular weight excluding hydrogens is 351 g/mol. The number of benzene rings is 2. The zero-order valence-corrected chi connectivity index (χ0v) is 13.5. The van der Waals surface area contributed by atoms with E-state index in [0.717, 1.165) is 0 Å². The summed E-state index contributed by atoms with van der Waals surface area (Å²) in [6, 6.07) is 12.9. The van der Waals surface area contributed by atoms with Gasteiger partial charge in [-0.1, -0.05) is 28.3 Å². The van der Waals surface area contributed by atoms with Crippen molar-refractivity contribution in [3.8, 4) is 17.5 Å². The lowest BCUT2D eigenvalue weighted by Gasteiger charge is -2.01. The Morgan fingerprint density at radius 2 is 1.88 bits per heavy atom. The molecule has 0 saturated heterocycles. The average Bonchev–Trinajstić information content (AvgIpc) is 3.05. The highest BCUT2D eigenvalue weighted by atomic mass is 35.5. The molecule has 0 radical (unpaired) electrons. The Hall–Kier alpha value is -2.88. The van der Waals surface area contributed by atoms with Crippen LogP contribution in [-0.4, -0.2) is 16.1 Å². The van der Waals surface area contributed by atoms with E-state index < -0.39 is 5.91 Å². The summed E-state index contributed by atoms with van der Waals surface area (Å²) in [7, 11) is 0. The molecule has 1 N–H and O–H groups in total. The monoisotopic (exact) mass is 358 g/mol. The first kappa shape index (κ1) is 16.0. The van der Waals surface area contributed by atoms with E-state index in [4.69, 9.17) is 32.9 Å². The summed E-state index contributed by atoms with van der Waals surface area (Å²) >= 11 is 12.0. The Morgan fingerprint density at radius 3 is 2.58 bits per heavy atom. The molecule has 0 unspecified atom stereocenters. The molecule has 0 aliphatic rings. The van der Waals surface area contributed by atoms with Gasteiger partial charge < -0.3 is 4.42 Å². The second-order valence-electron chi connectivity index (χ2n) is 4.68. The third kappa shape index (κ3) is 3.38. The third-order valence-electron chi connectivity index (χ3n) is 3.08. The third-order valence-corrected chi connectivity index (χ3v) is 3.65. The van der Waals surface area contributed by atoms with Gasteiger partial charge in [0, 0.05) is 10.6 Å². The fourth-order valence-corrected chi connectivity index (χ4v) is 2.28. The number of hydrogen-bond donors (Lipinski definition) is 1. The number of nitrogens with zero attached hydrogens (tertiary/aromatic N) is 3. The fraction of sp³-hybridized carbons (Fsp3) is 0. The largest absolute Gasteiger partial charge is 0.403 e. The smallest absolute Gasteiger partial charge is 0.322 e. The van der Waals surface area contributed by atoms with Crippen LogP contribution in [-0.2, 0) is 0 Å². The lowest BCUT2D eigenvalue weighted by atomic mass is 10.1. The van der Waals surface area contributed by atoms with E-state index in [-0.39, 0.29) is 11.9 Å². The number of rotatable bonds is 3. The minimum Gasteiger partial charge on any atom is -0.403 e. The number of halogens is 2. The summed E-state index contributed by atoms with van der Waals surface area (Å²) in [6.45, 7) is 0. The zero-order chi connectivity index (χ0) is 17.1. The minimum atomic E-state index is -0.438. The van der Waals surface area contributed by atoms with Gasteiger partial charge in [-0.15, -0.1) is 5.10 Å². The van der Waals surface area contributed by atoms with E-state index in [2.05, 4.69) is 15.5 Å². The molecule has 118 valence electrons. The van der Waals surface area contributed by atoms with Crippen molar-refractivity contribution in [3.63, 3.8) is 0 Å². The summed E-state index contributed by atoms with van der Waals surface area (Å²) in [5, 5.41) is 19.7. The van der Waals surface area contributed by atoms with Crippen molar-refractivity contribution in [2.45, 2.75) is 0 Å². The van der Waals surface area contributed by atoms with E-state index in [9.17, 15) is 4.79 Å². The first-order valence-corrected chi connectivity index (χ1v) is 7.43. The maximum absolute atomic E-state index is 12.1. The van der Waals surface area contributed by atoms with Crippen molar-refractivity contribution in [2.24, 2.45) is 0 Å². The summed E-state index contributed by atoms with van der Waals surface area (Å²) in [5.74, 6) is -0.301. The van der Waals surface area contributed by atoms with Crippen LogP contribution in [0.15, 0.2) is 46.9 Å². The molecule has 0 bridgehead atoms. The van der Waals surface area contributed by atoms with Gasteiger partial charge in [0.15, 0.2) is 0 Å². The van der Waals surface area contributed by atoms with Crippen LogP contribution < -0.4 is 5.32 Å². The topological polar surface area (TPSA) is 91.8 Å². The van der Waals surface area contributed by atoms with Crippen LogP contribution >= 0.6 is 23.2 Å². The SMILES string of the molecule is N#Cc1ccc(C(=O)Nc2nnc(-c3cc(Cl)ccc3Cl)o2)cc1. The van der Waals surface area contributed by atoms with Gasteiger partial charge in [-0.3, -0.25) is 10.1 Å². The predicted octanol–water partition coefficient (Wildman–Crippen LogP) is 4.17. The molecule has 1 heterocycles. The van der Waals surface area contributed by atoms with Crippen molar-refractivity contribution < 1.29 is 9.21 Å². The second-order valence-corrected chi connectivity index (χ2v) is 5.52. The molecular formula is C16H8Cl2N4O2. The molecule has 0 aliphatic heterocycles. The summed E-state index contributed by atoms with van der Waals surface area (Å²) < 4.78 is 5.39. The maximum Gasteiger partial charge on any atom is 0.322 e. The molecule has 24 heavy (non-hydrogen) atoms. The first-order valence-electron chi connectivity index (χ1n) is 6.67. The van der Waals surface area contributed by atoms with Crippen molar-refractivity contribution in [3.05, 3.63) is 63.6 Å². The van der Waals surface area contributed by atoms with E-state index >= 15 is 0 Å². The highest BCUT2D eigenvalue weighted by Gasteiger charge is 2.15. The van der Waals surface area contributed by atoms with Gasteiger partial charge in [0.2, 0.25) is 0 Å². The van der Waals surface area contributed by atoms with E-state index in [1.165, 1.54) is 12.1 Å². The van der Waals surface area contributed by atoms with Gasteiger partial charge in [0.25, 0.3) is 11.8 Å². The molecule has 1 aromatic heterocycles. The van der Waals surface area contributed by atoms with Gasteiger partial charge in [-0.05, 0) is 42.5 Å². The van der Waals surface area contributed by atoms with Gasteiger partial charge in [0.1, 0.15) is 0 Å². The lowest BCUT2D eigenvalue weighted by molar-refractivity contribution is 0.102. The zero-order valence-electron chi connectivity index (χ0n) is 12.0. The van der Waals surface area contributed by atoms with E-state index in [0.29, 0.717) is 26.7 Å². The number of amides is 1. The van der Waals surface area contributed by atoms with Crippen LogP contribution in [0.2, 0.25) is 10.0 Å².